The number of hydrogen-bond donors (Lipinski definition) is 1. The second-order valence-corrected chi connectivity index (χ2v) is 5.63. The van der Waals surface area contributed by atoms with Crippen molar-refractivity contribution in [2.45, 2.75) is 26.9 Å². The fraction of sp³-hybridized carbons (Fsp3) is 0.235. The Morgan fingerprint density at radius 3 is 2.30 bits per heavy atom. The first-order chi connectivity index (χ1) is 10.8. The predicted molar refractivity (Wildman–Crippen MR) is 86.0 cm³/mol. The number of aryl methyl sites for hydroxylation is 2. The topological polar surface area (TPSA) is 38.3 Å². The summed E-state index contributed by atoms with van der Waals surface area (Å²) in [6.45, 7) is 5.25. The van der Waals surface area contributed by atoms with Crippen molar-refractivity contribution in [1.82, 2.24) is 0 Å². The summed E-state index contributed by atoms with van der Waals surface area (Å²) in [5.41, 5.74) is 1.84. The van der Waals surface area contributed by atoms with Crippen LogP contribution in [-0.2, 0) is 4.79 Å². The standard InChI is InChI=1S/C17H16ClF2NO2/c1-9-6-13(7-10(2)16(9)18)23-11(3)17(22)21-12-4-5-14(19)15(20)8-12/h4-8,11H,1-3H3,(H,21,22)/t11-/m0/s1. The van der Waals surface area contributed by atoms with Crippen LogP contribution in [0, 0.1) is 25.5 Å². The number of benzene rings is 2. The molecule has 0 aliphatic rings. The van der Waals surface area contributed by atoms with Crippen molar-refractivity contribution in [1.29, 1.82) is 0 Å². The zero-order chi connectivity index (χ0) is 17.1. The van der Waals surface area contributed by atoms with Crippen LogP contribution in [0.4, 0.5) is 14.5 Å². The lowest BCUT2D eigenvalue weighted by Gasteiger charge is -2.16. The third kappa shape index (κ3) is 4.20. The van der Waals surface area contributed by atoms with Crippen molar-refractivity contribution in [2.75, 3.05) is 5.32 Å². The average molecular weight is 340 g/mol. The highest BCUT2D eigenvalue weighted by molar-refractivity contribution is 6.32. The SMILES string of the molecule is Cc1cc(O[C@@H](C)C(=O)Nc2ccc(F)c(F)c2)cc(C)c1Cl. The number of ether oxygens (including phenoxy) is 1. The molecule has 1 amide bonds. The highest BCUT2D eigenvalue weighted by Crippen LogP contribution is 2.26. The number of amides is 1. The van der Waals surface area contributed by atoms with Crippen molar-refractivity contribution < 1.29 is 18.3 Å². The molecule has 0 bridgehead atoms. The van der Waals surface area contributed by atoms with Gasteiger partial charge in [0.1, 0.15) is 5.75 Å². The first kappa shape index (κ1) is 17.2. The Hall–Kier alpha value is -2.14. The van der Waals surface area contributed by atoms with Gasteiger partial charge in [0.2, 0.25) is 0 Å². The molecule has 1 N–H and O–H groups in total. The maximum atomic E-state index is 13.1. The Labute approximate surface area is 138 Å². The van der Waals surface area contributed by atoms with E-state index in [0.717, 1.165) is 23.3 Å². The van der Waals surface area contributed by atoms with Crippen LogP contribution in [0.3, 0.4) is 0 Å². The van der Waals surface area contributed by atoms with Crippen molar-refractivity contribution >= 4 is 23.2 Å². The van der Waals surface area contributed by atoms with Gasteiger partial charge in [0.25, 0.3) is 5.91 Å². The second-order valence-electron chi connectivity index (χ2n) is 5.25. The van der Waals surface area contributed by atoms with Gasteiger partial charge in [0, 0.05) is 16.8 Å². The Balaban J connectivity index is 2.06. The number of halogens is 3. The molecule has 2 rings (SSSR count). The molecule has 6 heteroatoms. The summed E-state index contributed by atoms with van der Waals surface area (Å²) in [6, 6.07) is 6.60. The zero-order valence-electron chi connectivity index (χ0n) is 12.9. The Morgan fingerprint density at radius 2 is 1.74 bits per heavy atom. The van der Waals surface area contributed by atoms with E-state index < -0.39 is 23.6 Å². The van der Waals surface area contributed by atoms with Gasteiger partial charge in [-0.05, 0) is 56.2 Å². The van der Waals surface area contributed by atoms with Crippen molar-refractivity contribution in [3.05, 3.63) is 58.1 Å². The first-order valence-corrected chi connectivity index (χ1v) is 7.35. The fourth-order valence-corrected chi connectivity index (χ4v) is 2.16. The summed E-state index contributed by atoms with van der Waals surface area (Å²) >= 11 is 6.08. The van der Waals surface area contributed by atoms with Crippen LogP contribution >= 0.6 is 11.6 Å². The molecule has 0 spiro atoms. The van der Waals surface area contributed by atoms with Crippen LogP contribution in [0.1, 0.15) is 18.1 Å². The van der Waals surface area contributed by atoms with Crippen LogP contribution in [0.15, 0.2) is 30.3 Å². The van der Waals surface area contributed by atoms with Crippen molar-refractivity contribution in [3.63, 3.8) is 0 Å². The van der Waals surface area contributed by atoms with Crippen LogP contribution in [0.5, 0.6) is 5.75 Å². The van der Waals surface area contributed by atoms with Gasteiger partial charge < -0.3 is 10.1 Å². The molecule has 0 aliphatic heterocycles. The Morgan fingerprint density at radius 1 is 1.13 bits per heavy atom. The van der Waals surface area contributed by atoms with E-state index in [-0.39, 0.29) is 5.69 Å². The van der Waals surface area contributed by atoms with Crippen molar-refractivity contribution in [2.24, 2.45) is 0 Å². The van der Waals surface area contributed by atoms with Crippen LogP contribution in [0.2, 0.25) is 5.02 Å². The maximum absolute atomic E-state index is 13.1. The van der Waals surface area contributed by atoms with E-state index in [1.807, 2.05) is 13.8 Å². The maximum Gasteiger partial charge on any atom is 0.265 e. The summed E-state index contributed by atoms with van der Waals surface area (Å²) < 4.78 is 31.6. The number of rotatable bonds is 4. The van der Waals surface area contributed by atoms with E-state index in [1.54, 1.807) is 19.1 Å². The molecule has 0 unspecified atom stereocenters. The largest absolute Gasteiger partial charge is 0.481 e. The van der Waals surface area contributed by atoms with E-state index in [1.165, 1.54) is 6.07 Å². The average Bonchev–Trinajstić information content (AvgIpc) is 2.48. The van der Waals surface area contributed by atoms with E-state index >= 15 is 0 Å². The van der Waals surface area contributed by atoms with E-state index in [9.17, 15) is 13.6 Å². The Kier molecular flexibility index (Phi) is 5.21. The number of hydrogen-bond acceptors (Lipinski definition) is 2. The number of anilines is 1. The molecule has 0 saturated heterocycles. The van der Waals surface area contributed by atoms with E-state index in [4.69, 9.17) is 16.3 Å². The van der Waals surface area contributed by atoms with Gasteiger partial charge in [-0.3, -0.25) is 4.79 Å². The number of nitrogens with one attached hydrogen (secondary N) is 1. The lowest BCUT2D eigenvalue weighted by molar-refractivity contribution is -0.122. The quantitative estimate of drug-likeness (QED) is 0.881. The van der Waals surface area contributed by atoms with E-state index in [2.05, 4.69) is 5.32 Å². The molecule has 3 nitrogen and oxygen atoms in total. The van der Waals surface area contributed by atoms with Crippen LogP contribution in [0.25, 0.3) is 0 Å². The summed E-state index contributed by atoms with van der Waals surface area (Å²) in [7, 11) is 0. The molecule has 122 valence electrons. The predicted octanol–water partition coefficient (Wildman–Crippen LogP) is 4.64. The van der Waals surface area contributed by atoms with Gasteiger partial charge in [-0.2, -0.15) is 0 Å². The smallest absolute Gasteiger partial charge is 0.265 e. The molecular weight excluding hydrogens is 324 g/mol. The molecule has 0 aliphatic carbocycles. The normalized spacial score (nSPS) is 11.9. The zero-order valence-corrected chi connectivity index (χ0v) is 13.7. The van der Waals surface area contributed by atoms with Gasteiger partial charge in [-0.15, -0.1) is 0 Å². The second kappa shape index (κ2) is 6.96. The van der Waals surface area contributed by atoms with Gasteiger partial charge in [0.05, 0.1) is 0 Å². The summed E-state index contributed by atoms with van der Waals surface area (Å²) in [5, 5.41) is 3.12. The molecular formula is C17H16ClF2NO2. The van der Waals surface area contributed by atoms with Gasteiger partial charge in [0.15, 0.2) is 17.7 Å². The summed E-state index contributed by atoms with van der Waals surface area (Å²) in [6.07, 6.45) is -0.817. The molecule has 2 aromatic carbocycles. The highest BCUT2D eigenvalue weighted by Gasteiger charge is 2.16. The Bertz CT molecular complexity index is 726. The van der Waals surface area contributed by atoms with Crippen LogP contribution in [-0.4, -0.2) is 12.0 Å². The number of carbonyl (C=O) groups is 1. The van der Waals surface area contributed by atoms with Crippen LogP contribution < -0.4 is 10.1 Å². The van der Waals surface area contributed by atoms with Gasteiger partial charge >= 0.3 is 0 Å². The van der Waals surface area contributed by atoms with Gasteiger partial charge in [-0.1, -0.05) is 11.6 Å². The third-order valence-corrected chi connectivity index (χ3v) is 3.88. The molecule has 0 radical (unpaired) electrons. The molecule has 0 fully saturated rings. The summed E-state index contributed by atoms with van der Waals surface area (Å²) in [5.74, 6) is -1.96. The molecule has 0 saturated carbocycles. The minimum atomic E-state index is -1.03. The molecule has 2 aromatic rings. The van der Waals surface area contributed by atoms with E-state index in [0.29, 0.717) is 10.8 Å². The number of carbonyl (C=O) groups excluding carboxylic acids is 1. The van der Waals surface area contributed by atoms with Crippen molar-refractivity contribution in [3.8, 4) is 5.75 Å². The molecule has 0 heterocycles. The monoisotopic (exact) mass is 339 g/mol. The highest BCUT2D eigenvalue weighted by atomic mass is 35.5. The minimum absolute atomic E-state index is 0.160. The molecule has 0 aromatic heterocycles. The first-order valence-electron chi connectivity index (χ1n) is 6.97. The lowest BCUT2D eigenvalue weighted by atomic mass is 10.1. The lowest BCUT2D eigenvalue weighted by Crippen LogP contribution is -2.30. The third-order valence-electron chi connectivity index (χ3n) is 3.28. The fourth-order valence-electron chi connectivity index (χ4n) is 2.05. The van der Waals surface area contributed by atoms with Gasteiger partial charge in [-0.25, -0.2) is 8.78 Å². The molecule has 23 heavy (non-hydrogen) atoms. The molecule has 1 atom stereocenters. The minimum Gasteiger partial charge on any atom is -0.481 e. The summed E-state index contributed by atoms with van der Waals surface area (Å²) in [4.78, 5) is 12.1.